The highest BCUT2D eigenvalue weighted by Gasteiger charge is 2.36. The second-order valence-corrected chi connectivity index (χ2v) is 9.07. The molecule has 0 aromatic heterocycles. The summed E-state index contributed by atoms with van der Waals surface area (Å²) < 4.78 is 35.5. The Morgan fingerprint density at radius 3 is 2.66 bits per heavy atom. The van der Waals surface area contributed by atoms with Gasteiger partial charge in [-0.05, 0) is 72.8 Å². The van der Waals surface area contributed by atoms with Crippen LogP contribution >= 0.6 is 0 Å². The summed E-state index contributed by atoms with van der Waals surface area (Å²) in [6.07, 6.45) is 11.4. The van der Waals surface area contributed by atoms with Crippen LogP contribution in [0.5, 0.6) is 5.75 Å². The number of fused-ring (bicyclic) bond motifs is 2. The molecule has 156 valence electrons. The van der Waals surface area contributed by atoms with Gasteiger partial charge in [-0.1, -0.05) is 51.0 Å². The Morgan fingerprint density at radius 2 is 1.86 bits per heavy atom. The summed E-state index contributed by atoms with van der Waals surface area (Å²) in [5.74, 6) is 2.10. The summed E-state index contributed by atoms with van der Waals surface area (Å²) in [4.78, 5) is 0. The molecule has 4 rings (SSSR count). The number of benzene rings is 2. The number of ether oxygens (including phenoxy) is 1. The summed E-state index contributed by atoms with van der Waals surface area (Å²) >= 11 is 0. The van der Waals surface area contributed by atoms with Crippen LogP contribution in [-0.2, 0) is 0 Å². The Balaban J connectivity index is 1.55. The summed E-state index contributed by atoms with van der Waals surface area (Å²) in [5, 5.41) is 0.654. The van der Waals surface area contributed by atoms with Crippen molar-refractivity contribution in [3.8, 4) is 5.75 Å². The smallest absolute Gasteiger partial charge is 0.137 e. The van der Waals surface area contributed by atoms with Crippen LogP contribution in [0.2, 0.25) is 0 Å². The third-order valence-corrected chi connectivity index (χ3v) is 7.24. The standard InChI is InChI=1S/C26H32F2O/c1-3-5-17-6-7-19-14-20(9-8-18(19)13-17)23-11-10-21-15-22(29-12-4-2)16-24(27)25(21)26(23)28/h4,10-11,15-20H,2-3,5-9,12-14H2,1H3/t17?,18-,19?,20-/m1/s1. The molecule has 2 aromatic rings. The van der Waals surface area contributed by atoms with Gasteiger partial charge in [0.25, 0.3) is 0 Å². The van der Waals surface area contributed by atoms with Crippen molar-refractivity contribution in [1.82, 2.24) is 0 Å². The van der Waals surface area contributed by atoms with Crippen LogP contribution in [0.4, 0.5) is 8.78 Å². The van der Waals surface area contributed by atoms with Gasteiger partial charge in [-0.15, -0.1) is 0 Å². The topological polar surface area (TPSA) is 9.23 Å². The van der Waals surface area contributed by atoms with E-state index < -0.39 is 5.82 Å². The molecule has 0 saturated heterocycles. The molecule has 3 heteroatoms. The Labute approximate surface area is 173 Å². The molecule has 2 saturated carbocycles. The molecule has 29 heavy (non-hydrogen) atoms. The minimum absolute atomic E-state index is 0.0993. The summed E-state index contributed by atoms with van der Waals surface area (Å²) in [5.41, 5.74) is 0.699. The molecule has 0 amide bonds. The van der Waals surface area contributed by atoms with Crippen molar-refractivity contribution in [2.45, 2.75) is 64.2 Å². The molecule has 2 aromatic carbocycles. The average Bonchev–Trinajstić information content (AvgIpc) is 2.72. The summed E-state index contributed by atoms with van der Waals surface area (Å²) in [6, 6.07) is 6.72. The maximum Gasteiger partial charge on any atom is 0.137 e. The molecule has 0 aliphatic heterocycles. The number of hydrogen-bond donors (Lipinski definition) is 0. The molecule has 4 atom stereocenters. The van der Waals surface area contributed by atoms with Crippen molar-refractivity contribution in [3.63, 3.8) is 0 Å². The van der Waals surface area contributed by atoms with Gasteiger partial charge < -0.3 is 4.74 Å². The molecule has 0 spiro atoms. The van der Waals surface area contributed by atoms with E-state index in [0.717, 1.165) is 24.7 Å². The maximum absolute atomic E-state index is 15.4. The van der Waals surface area contributed by atoms with Crippen LogP contribution in [0.3, 0.4) is 0 Å². The first kappa shape index (κ1) is 20.4. The Hall–Kier alpha value is -1.90. The number of rotatable bonds is 6. The van der Waals surface area contributed by atoms with Gasteiger partial charge in [0.2, 0.25) is 0 Å². The lowest BCUT2D eigenvalue weighted by atomic mass is 9.63. The van der Waals surface area contributed by atoms with Crippen molar-refractivity contribution < 1.29 is 13.5 Å². The van der Waals surface area contributed by atoms with Gasteiger partial charge >= 0.3 is 0 Å². The molecule has 2 aliphatic rings. The molecule has 2 unspecified atom stereocenters. The molecular weight excluding hydrogens is 366 g/mol. The molecule has 0 bridgehead atoms. The van der Waals surface area contributed by atoms with E-state index in [1.165, 1.54) is 44.6 Å². The Bertz CT molecular complexity index is 875. The van der Waals surface area contributed by atoms with Crippen LogP contribution < -0.4 is 4.74 Å². The fraction of sp³-hybridized carbons (Fsp3) is 0.538. The molecule has 0 heterocycles. The third-order valence-electron chi connectivity index (χ3n) is 7.24. The number of hydrogen-bond acceptors (Lipinski definition) is 1. The zero-order chi connectivity index (χ0) is 20.4. The van der Waals surface area contributed by atoms with E-state index in [0.29, 0.717) is 29.2 Å². The van der Waals surface area contributed by atoms with E-state index in [-0.39, 0.29) is 17.1 Å². The normalized spacial score (nSPS) is 26.9. The quantitative estimate of drug-likeness (QED) is 0.451. The molecule has 2 fully saturated rings. The minimum Gasteiger partial charge on any atom is -0.489 e. The Kier molecular flexibility index (Phi) is 6.22. The van der Waals surface area contributed by atoms with E-state index >= 15 is 4.39 Å². The molecular formula is C26H32F2O. The Morgan fingerprint density at radius 1 is 1.07 bits per heavy atom. The highest BCUT2D eigenvalue weighted by atomic mass is 19.1. The largest absolute Gasteiger partial charge is 0.489 e. The van der Waals surface area contributed by atoms with Gasteiger partial charge in [-0.3, -0.25) is 0 Å². The van der Waals surface area contributed by atoms with E-state index in [1.807, 2.05) is 12.1 Å². The number of halogens is 2. The second kappa shape index (κ2) is 8.85. The molecule has 0 radical (unpaired) electrons. The first-order valence-corrected chi connectivity index (χ1v) is 11.3. The average molecular weight is 399 g/mol. The van der Waals surface area contributed by atoms with E-state index in [1.54, 1.807) is 12.1 Å². The van der Waals surface area contributed by atoms with Crippen molar-refractivity contribution >= 4 is 10.8 Å². The SMILES string of the molecule is C=CCOc1cc(F)c2c(F)c([C@@H]3CC[C@@H]4CC(CCC)CCC4C3)ccc2c1. The highest BCUT2D eigenvalue weighted by molar-refractivity contribution is 5.86. The van der Waals surface area contributed by atoms with Gasteiger partial charge in [0.15, 0.2) is 0 Å². The third kappa shape index (κ3) is 4.20. The van der Waals surface area contributed by atoms with Gasteiger partial charge in [0.05, 0.1) is 5.39 Å². The predicted octanol–water partition coefficient (Wildman–Crippen LogP) is 7.78. The summed E-state index contributed by atoms with van der Waals surface area (Å²) in [7, 11) is 0. The van der Waals surface area contributed by atoms with E-state index in [4.69, 9.17) is 4.74 Å². The van der Waals surface area contributed by atoms with Crippen molar-refractivity contribution in [2.75, 3.05) is 6.61 Å². The summed E-state index contributed by atoms with van der Waals surface area (Å²) in [6.45, 7) is 6.18. The van der Waals surface area contributed by atoms with Crippen LogP contribution in [0.25, 0.3) is 10.8 Å². The van der Waals surface area contributed by atoms with Crippen LogP contribution in [-0.4, -0.2) is 6.61 Å². The fourth-order valence-electron chi connectivity index (χ4n) is 5.86. The lowest BCUT2D eigenvalue weighted by molar-refractivity contribution is 0.113. The fourth-order valence-corrected chi connectivity index (χ4v) is 5.86. The molecule has 0 N–H and O–H groups in total. The van der Waals surface area contributed by atoms with Crippen molar-refractivity contribution in [2.24, 2.45) is 17.8 Å². The van der Waals surface area contributed by atoms with Gasteiger partial charge in [0.1, 0.15) is 24.0 Å². The van der Waals surface area contributed by atoms with Crippen LogP contribution in [0, 0.1) is 29.4 Å². The van der Waals surface area contributed by atoms with Crippen molar-refractivity contribution in [1.29, 1.82) is 0 Å². The van der Waals surface area contributed by atoms with Gasteiger partial charge in [0, 0.05) is 6.07 Å². The van der Waals surface area contributed by atoms with Gasteiger partial charge in [-0.25, -0.2) is 8.78 Å². The van der Waals surface area contributed by atoms with Crippen molar-refractivity contribution in [3.05, 3.63) is 54.1 Å². The second-order valence-electron chi connectivity index (χ2n) is 9.07. The van der Waals surface area contributed by atoms with Crippen LogP contribution in [0.1, 0.15) is 69.8 Å². The minimum atomic E-state index is -0.547. The lowest BCUT2D eigenvalue weighted by Gasteiger charge is -2.42. The zero-order valence-electron chi connectivity index (χ0n) is 17.4. The maximum atomic E-state index is 15.4. The lowest BCUT2D eigenvalue weighted by Crippen LogP contribution is -2.30. The van der Waals surface area contributed by atoms with E-state index in [2.05, 4.69) is 13.5 Å². The first-order valence-electron chi connectivity index (χ1n) is 11.3. The molecule has 2 aliphatic carbocycles. The van der Waals surface area contributed by atoms with Crippen LogP contribution in [0.15, 0.2) is 36.9 Å². The molecule has 1 nitrogen and oxygen atoms in total. The monoisotopic (exact) mass is 398 g/mol. The predicted molar refractivity (Wildman–Crippen MR) is 115 cm³/mol. The highest BCUT2D eigenvalue weighted by Crippen LogP contribution is 2.49. The zero-order valence-corrected chi connectivity index (χ0v) is 17.4. The van der Waals surface area contributed by atoms with E-state index in [9.17, 15) is 4.39 Å². The van der Waals surface area contributed by atoms with Gasteiger partial charge in [-0.2, -0.15) is 0 Å². The first-order chi connectivity index (χ1) is 14.1.